The van der Waals surface area contributed by atoms with Gasteiger partial charge in [-0.1, -0.05) is 34.9 Å². The normalized spacial score (nSPS) is 19.1. The summed E-state index contributed by atoms with van der Waals surface area (Å²) in [6, 6.07) is 0. The van der Waals surface area contributed by atoms with E-state index in [4.69, 9.17) is 4.74 Å². The first-order valence-corrected chi connectivity index (χ1v) is 12.8. The van der Waals surface area contributed by atoms with E-state index in [1.807, 2.05) is 6.92 Å². The van der Waals surface area contributed by atoms with Crippen LogP contribution in [0.1, 0.15) is 96.3 Å². The van der Waals surface area contributed by atoms with Crippen LogP contribution in [0, 0.1) is 17.4 Å². The number of phenolic OH excluding ortho intramolecular Hbond substituents is 1. The molecule has 0 aromatic heterocycles. The zero-order valence-electron chi connectivity index (χ0n) is 20.6. The number of rotatable bonds is 9. The lowest BCUT2D eigenvalue weighted by Crippen LogP contribution is -2.37. The summed E-state index contributed by atoms with van der Waals surface area (Å²) in [5.74, 6) is 1.42. The number of fused-ring (bicyclic) bond motifs is 1. The number of ether oxygens (including phenoxy) is 1. The molecule has 172 valence electrons. The summed E-state index contributed by atoms with van der Waals surface area (Å²) in [6.45, 7) is 15.1. The molecule has 3 heteroatoms. The Morgan fingerprint density at radius 2 is 1.55 bits per heavy atom. The van der Waals surface area contributed by atoms with Crippen molar-refractivity contribution in [3.8, 4) is 11.5 Å². The number of halogens is 1. The quantitative estimate of drug-likeness (QED) is 0.252. The fraction of sp³-hybridized carbons (Fsp3) is 0.571. The lowest BCUT2D eigenvalue weighted by atomic mass is 9.86. The van der Waals surface area contributed by atoms with E-state index in [0.29, 0.717) is 5.75 Å². The van der Waals surface area contributed by atoms with Gasteiger partial charge in [0.05, 0.1) is 3.57 Å². The van der Waals surface area contributed by atoms with E-state index in [1.54, 1.807) is 0 Å². The topological polar surface area (TPSA) is 29.5 Å². The van der Waals surface area contributed by atoms with Crippen LogP contribution >= 0.6 is 22.6 Å². The van der Waals surface area contributed by atoms with Gasteiger partial charge in [-0.05, 0) is 134 Å². The second-order valence-corrected chi connectivity index (χ2v) is 10.8. The molecule has 0 unspecified atom stereocenters. The molecule has 1 aromatic carbocycles. The van der Waals surface area contributed by atoms with E-state index in [9.17, 15) is 5.11 Å². The first-order chi connectivity index (χ1) is 14.5. The fourth-order valence-corrected chi connectivity index (χ4v) is 5.09. The number of allylic oxidation sites excluding steroid dienone is 6. The summed E-state index contributed by atoms with van der Waals surface area (Å²) in [7, 11) is 0. The Morgan fingerprint density at radius 1 is 0.968 bits per heavy atom. The summed E-state index contributed by atoms with van der Waals surface area (Å²) in [4.78, 5) is 0. The molecule has 1 atom stereocenters. The van der Waals surface area contributed by atoms with Gasteiger partial charge in [0.1, 0.15) is 17.1 Å². The minimum Gasteiger partial charge on any atom is -0.507 e. The largest absolute Gasteiger partial charge is 0.507 e. The standard InChI is InChI=1S/C28H41IO2/c1-19(2)11-8-12-20(3)13-9-14-21(4)15-10-17-28(7)18-16-24-25(29)26(30)22(5)23(6)27(24)31-28/h11,13,15,30H,8-10,12,14,16-18H2,1-7H3/b20-13+,21-15+/t28-/m1/s1. The number of aromatic hydroxyl groups is 1. The van der Waals surface area contributed by atoms with Crippen molar-refractivity contribution in [1.82, 2.24) is 0 Å². The van der Waals surface area contributed by atoms with Crippen LogP contribution < -0.4 is 4.74 Å². The van der Waals surface area contributed by atoms with E-state index in [2.05, 4.69) is 82.4 Å². The molecule has 0 amide bonds. The first kappa shape index (κ1) is 26.0. The molecule has 2 nitrogen and oxygen atoms in total. The van der Waals surface area contributed by atoms with Gasteiger partial charge in [-0.25, -0.2) is 0 Å². The van der Waals surface area contributed by atoms with Gasteiger partial charge < -0.3 is 9.84 Å². The minimum absolute atomic E-state index is 0.136. The van der Waals surface area contributed by atoms with E-state index >= 15 is 0 Å². The molecule has 0 aliphatic carbocycles. The summed E-state index contributed by atoms with van der Waals surface area (Å²) in [5, 5.41) is 10.4. The van der Waals surface area contributed by atoms with Crippen molar-refractivity contribution in [3.63, 3.8) is 0 Å². The van der Waals surface area contributed by atoms with Gasteiger partial charge in [0, 0.05) is 5.56 Å². The van der Waals surface area contributed by atoms with Crippen LogP contribution in [0.2, 0.25) is 0 Å². The lowest BCUT2D eigenvalue weighted by molar-refractivity contribution is 0.0557. The van der Waals surface area contributed by atoms with Crippen LogP contribution in [0.25, 0.3) is 0 Å². The molecular weight excluding hydrogens is 495 g/mol. The number of hydrogen-bond donors (Lipinski definition) is 1. The van der Waals surface area contributed by atoms with Gasteiger partial charge in [-0.2, -0.15) is 0 Å². The Balaban J connectivity index is 1.88. The second-order valence-electron chi connectivity index (χ2n) is 9.77. The van der Waals surface area contributed by atoms with Crippen molar-refractivity contribution < 1.29 is 9.84 Å². The van der Waals surface area contributed by atoms with Crippen LogP contribution in [0.4, 0.5) is 0 Å². The van der Waals surface area contributed by atoms with Crippen molar-refractivity contribution in [1.29, 1.82) is 0 Å². The van der Waals surface area contributed by atoms with Crippen LogP contribution in [-0.2, 0) is 6.42 Å². The summed E-state index contributed by atoms with van der Waals surface area (Å²) < 4.78 is 7.51. The molecule has 0 saturated carbocycles. The van der Waals surface area contributed by atoms with E-state index in [1.165, 1.54) is 28.7 Å². The zero-order valence-corrected chi connectivity index (χ0v) is 22.8. The van der Waals surface area contributed by atoms with Crippen molar-refractivity contribution >= 4 is 22.6 Å². The van der Waals surface area contributed by atoms with Gasteiger partial charge >= 0.3 is 0 Å². The van der Waals surface area contributed by atoms with Crippen molar-refractivity contribution in [2.45, 2.75) is 105 Å². The Morgan fingerprint density at radius 3 is 2.16 bits per heavy atom. The zero-order chi connectivity index (χ0) is 23.2. The SMILES string of the molecule is CC(C)=CCC/C(C)=C/CC/C(C)=C/CC[C@]1(C)CCc2c(I)c(O)c(C)c(C)c2O1. The Bertz CT molecular complexity index is 872. The lowest BCUT2D eigenvalue weighted by Gasteiger charge is -2.37. The number of benzene rings is 1. The van der Waals surface area contributed by atoms with Gasteiger partial charge in [-0.15, -0.1) is 0 Å². The third-order valence-electron chi connectivity index (χ3n) is 6.55. The van der Waals surface area contributed by atoms with Crippen LogP contribution in [0.5, 0.6) is 11.5 Å². The number of hydrogen-bond acceptors (Lipinski definition) is 2. The van der Waals surface area contributed by atoms with E-state index < -0.39 is 0 Å². The average molecular weight is 537 g/mol. The molecular formula is C28H41IO2. The Hall–Kier alpha value is -1.23. The molecule has 0 spiro atoms. The minimum atomic E-state index is -0.136. The van der Waals surface area contributed by atoms with Gasteiger partial charge in [0.25, 0.3) is 0 Å². The highest BCUT2D eigenvalue weighted by Crippen LogP contribution is 2.45. The fourth-order valence-electron chi connectivity index (χ4n) is 4.17. The smallest absolute Gasteiger partial charge is 0.132 e. The van der Waals surface area contributed by atoms with Crippen molar-refractivity contribution in [2.75, 3.05) is 0 Å². The third kappa shape index (κ3) is 7.40. The third-order valence-corrected chi connectivity index (χ3v) is 7.71. The van der Waals surface area contributed by atoms with E-state index in [0.717, 1.165) is 65.4 Å². The predicted molar refractivity (Wildman–Crippen MR) is 142 cm³/mol. The highest BCUT2D eigenvalue weighted by Gasteiger charge is 2.34. The van der Waals surface area contributed by atoms with Crippen LogP contribution in [0.3, 0.4) is 0 Å². The molecule has 2 rings (SSSR count). The number of phenols is 1. The molecule has 1 aliphatic rings. The summed E-state index contributed by atoms with van der Waals surface area (Å²) in [5.41, 5.74) is 7.44. The van der Waals surface area contributed by atoms with Gasteiger partial charge in [-0.3, -0.25) is 0 Å². The molecule has 1 aliphatic heterocycles. The molecule has 1 N–H and O–H groups in total. The molecule has 1 heterocycles. The van der Waals surface area contributed by atoms with Gasteiger partial charge in [0.2, 0.25) is 0 Å². The van der Waals surface area contributed by atoms with Crippen LogP contribution in [-0.4, -0.2) is 10.7 Å². The molecule has 0 saturated heterocycles. The highest BCUT2D eigenvalue weighted by atomic mass is 127. The Labute approximate surface area is 204 Å². The molecule has 1 aromatic rings. The maximum atomic E-state index is 10.4. The monoisotopic (exact) mass is 536 g/mol. The first-order valence-electron chi connectivity index (χ1n) is 11.7. The van der Waals surface area contributed by atoms with E-state index in [-0.39, 0.29) is 5.60 Å². The maximum absolute atomic E-state index is 10.4. The summed E-state index contributed by atoms with van der Waals surface area (Å²) >= 11 is 2.26. The molecule has 31 heavy (non-hydrogen) atoms. The Kier molecular flexibility index (Phi) is 9.72. The van der Waals surface area contributed by atoms with Gasteiger partial charge in [0.15, 0.2) is 0 Å². The molecule has 0 fully saturated rings. The van der Waals surface area contributed by atoms with Crippen molar-refractivity contribution in [3.05, 3.63) is 55.2 Å². The highest BCUT2D eigenvalue weighted by molar-refractivity contribution is 14.1. The van der Waals surface area contributed by atoms with Crippen molar-refractivity contribution in [2.24, 2.45) is 0 Å². The maximum Gasteiger partial charge on any atom is 0.132 e. The predicted octanol–water partition coefficient (Wildman–Crippen LogP) is 8.90. The summed E-state index contributed by atoms with van der Waals surface area (Å²) in [6.07, 6.45) is 15.7. The molecule has 0 radical (unpaired) electrons. The second kappa shape index (κ2) is 11.6. The van der Waals surface area contributed by atoms with Crippen LogP contribution in [0.15, 0.2) is 34.9 Å². The molecule has 0 bridgehead atoms. The average Bonchev–Trinajstić information content (AvgIpc) is 2.70.